The van der Waals surface area contributed by atoms with E-state index in [4.69, 9.17) is 26.2 Å². The first kappa shape index (κ1) is 26.0. The summed E-state index contributed by atoms with van der Waals surface area (Å²) in [6, 6.07) is 19.5. The molecule has 5 rings (SSSR count). The molecule has 2 heterocycles. The van der Waals surface area contributed by atoms with E-state index in [9.17, 15) is 9.18 Å². The van der Waals surface area contributed by atoms with E-state index in [0.717, 1.165) is 16.8 Å². The van der Waals surface area contributed by atoms with Crippen molar-refractivity contribution in [2.75, 3.05) is 51.8 Å². The topological polar surface area (TPSA) is 57.6 Å². The third-order valence-electron chi connectivity index (χ3n) is 7.07. The molecule has 0 bridgehead atoms. The Labute approximate surface area is 227 Å². The highest BCUT2D eigenvalue weighted by atomic mass is 35.5. The van der Waals surface area contributed by atoms with Crippen LogP contribution < -0.4 is 14.4 Å². The highest BCUT2D eigenvalue weighted by Gasteiger charge is 2.36. The van der Waals surface area contributed by atoms with E-state index in [1.807, 2.05) is 53.4 Å². The number of nitrogens with zero attached hydrogens (tertiary/aromatic N) is 4. The van der Waals surface area contributed by atoms with Gasteiger partial charge >= 0.3 is 0 Å². The van der Waals surface area contributed by atoms with Crippen LogP contribution in [0, 0.1) is 5.82 Å². The number of carbonyl (C=O) groups is 1. The molecule has 1 amide bonds. The van der Waals surface area contributed by atoms with Gasteiger partial charge in [-0.3, -0.25) is 9.69 Å². The van der Waals surface area contributed by atoms with Gasteiger partial charge in [0.2, 0.25) is 0 Å². The molecule has 1 saturated heterocycles. The van der Waals surface area contributed by atoms with Crippen LogP contribution in [-0.2, 0) is 4.79 Å². The van der Waals surface area contributed by atoms with Crippen LogP contribution in [0.2, 0.25) is 5.02 Å². The molecule has 0 saturated carbocycles. The number of hydrazone groups is 1. The van der Waals surface area contributed by atoms with Gasteiger partial charge in [0.25, 0.3) is 5.91 Å². The van der Waals surface area contributed by atoms with E-state index in [1.165, 1.54) is 6.07 Å². The van der Waals surface area contributed by atoms with Crippen LogP contribution in [0.5, 0.6) is 11.5 Å². The maximum Gasteiger partial charge on any atom is 0.257 e. The van der Waals surface area contributed by atoms with Gasteiger partial charge in [0, 0.05) is 48.7 Å². The van der Waals surface area contributed by atoms with E-state index < -0.39 is 0 Å². The molecular weight excluding hydrogens is 507 g/mol. The largest absolute Gasteiger partial charge is 0.497 e. The monoisotopic (exact) mass is 536 g/mol. The fourth-order valence-corrected chi connectivity index (χ4v) is 5.30. The number of carbonyl (C=O) groups excluding carboxylic acids is 1. The Morgan fingerprint density at radius 2 is 1.74 bits per heavy atom. The second-order valence-corrected chi connectivity index (χ2v) is 9.71. The number of ether oxygens (including phenoxy) is 2. The minimum atomic E-state index is -0.376. The lowest BCUT2D eigenvalue weighted by molar-refractivity contribution is -0.134. The summed E-state index contributed by atoms with van der Waals surface area (Å²) in [4.78, 5) is 17.8. The van der Waals surface area contributed by atoms with Gasteiger partial charge in [0.1, 0.15) is 17.3 Å². The fourth-order valence-electron chi connectivity index (χ4n) is 5.06. The predicted molar refractivity (Wildman–Crippen MR) is 147 cm³/mol. The Morgan fingerprint density at radius 1 is 1.00 bits per heavy atom. The maximum absolute atomic E-state index is 14.3. The van der Waals surface area contributed by atoms with Crippen LogP contribution in [0.25, 0.3) is 0 Å². The van der Waals surface area contributed by atoms with Gasteiger partial charge in [0.15, 0.2) is 0 Å². The van der Waals surface area contributed by atoms with Crippen LogP contribution in [0.1, 0.15) is 23.6 Å². The van der Waals surface area contributed by atoms with Crippen molar-refractivity contribution in [3.63, 3.8) is 0 Å². The van der Waals surface area contributed by atoms with Crippen LogP contribution in [0.4, 0.5) is 10.1 Å². The summed E-state index contributed by atoms with van der Waals surface area (Å²) in [6.07, 6.45) is 0.486. The minimum Gasteiger partial charge on any atom is -0.497 e. The summed E-state index contributed by atoms with van der Waals surface area (Å²) < 4.78 is 25.4. The Morgan fingerprint density at radius 3 is 2.45 bits per heavy atom. The van der Waals surface area contributed by atoms with Crippen LogP contribution in [0.15, 0.2) is 71.8 Å². The third-order valence-corrected chi connectivity index (χ3v) is 7.40. The molecule has 3 aromatic rings. The SMILES string of the molecule is COc1ccc(OC)c([C@@H]2CC(c3ccccc3Cl)=NN2C(=O)CN2CCN(c3ccccc3F)CC2)c1. The van der Waals surface area contributed by atoms with Crippen LogP contribution >= 0.6 is 11.6 Å². The average molecular weight is 537 g/mol. The smallest absolute Gasteiger partial charge is 0.257 e. The Balaban J connectivity index is 1.37. The number of hydrogen-bond acceptors (Lipinski definition) is 6. The van der Waals surface area contributed by atoms with Gasteiger partial charge < -0.3 is 14.4 Å². The number of methoxy groups -OCH3 is 2. The minimum absolute atomic E-state index is 0.124. The van der Waals surface area contributed by atoms with Crippen molar-refractivity contribution in [3.05, 3.63) is 88.7 Å². The van der Waals surface area contributed by atoms with Crippen LogP contribution in [-0.4, -0.2) is 68.5 Å². The zero-order valence-electron chi connectivity index (χ0n) is 21.4. The summed E-state index contributed by atoms with van der Waals surface area (Å²) in [5.74, 6) is 0.971. The third kappa shape index (κ3) is 5.33. The molecule has 0 aromatic heterocycles. The zero-order valence-corrected chi connectivity index (χ0v) is 22.2. The lowest BCUT2D eigenvalue weighted by Crippen LogP contribution is -2.49. The quantitative estimate of drug-likeness (QED) is 0.425. The van der Waals surface area contributed by atoms with E-state index in [0.29, 0.717) is 54.8 Å². The molecule has 9 heteroatoms. The first-order chi connectivity index (χ1) is 18.5. The Hall–Kier alpha value is -3.62. The number of rotatable bonds is 7. The first-order valence-corrected chi connectivity index (χ1v) is 12.9. The van der Waals surface area contributed by atoms with E-state index in [1.54, 1.807) is 31.4 Å². The second kappa shape index (κ2) is 11.4. The van der Waals surface area contributed by atoms with Crippen molar-refractivity contribution in [2.45, 2.75) is 12.5 Å². The molecule has 2 aliphatic rings. The van der Waals surface area contributed by atoms with E-state index >= 15 is 0 Å². The standard InChI is InChI=1S/C29H30ClFN4O3/c1-37-20-11-12-28(38-2)22(17-20)27-18-25(21-7-3-4-8-23(21)30)32-35(27)29(36)19-33-13-15-34(16-14-33)26-10-6-5-9-24(26)31/h3-12,17,27H,13-16,18-19H2,1-2H3/t27-/m0/s1. The van der Waals surface area contributed by atoms with Gasteiger partial charge in [-0.05, 0) is 36.4 Å². The maximum atomic E-state index is 14.3. The molecule has 3 aromatic carbocycles. The van der Waals surface area contributed by atoms with Crippen molar-refractivity contribution >= 4 is 28.9 Å². The number of amides is 1. The van der Waals surface area contributed by atoms with Crippen molar-refractivity contribution in [1.82, 2.24) is 9.91 Å². The number of piperazine rings is 1. The molecule has 1 atom stereocenters. The van der Waals surface area contributed by atoms with E-state index in [2.05, 4.69) is 4.90 Å². The lowest BCUT2D eigenvalue weighted by Gasteiger charge is -2.36. The highest BCUT2D eigenvalue weighted by molar-refractivity contribution is 6.34. The predicted octanol–water partition coefficient (Wildman–Crippen LogP) is 5.00. The lowest BCUT2D eigenvalue weighted by atomic mass is 9.97. The van der Waals surface area contributed by atoms with Gasteiger partial charge in [-0.25, -0.2) is 9.40 Å². The summed E-state index contributed by atoms with van der Waals surface area (Å²) >= 11 is 6.49. The number of hydrogen-bond donors (Lipinski definition) is 0. The van der Waals surface area contributed by atoms with Crippen molar-refractivity contribution in [2.24, 2.45) is 5.10 Å². The fraction of sp³-hybridized carbons (Fsp3) is 0.310. The number of anilines is 1. The molecule has 1 fully saturated rings. The molecule has 7 nitrogen and oxygen atoms in total. The number of halogens is 2. The van der Waals surface area contributed by atoms with Crippen molar-refractivity contribution < 1.29 is 18.7 Å². The van der Waals surface area contributed by atoms with Gasteiger partial charge in [-0.1, -0.05) is 41.9 Å². The second-order valence-electron chi connectivity index (χ2n) is 9.31. The van der Waals surface area contributed by atoms with Crippen molar-refractivity contribution in [3.8, 4) is 11.5 Å². The number of para-hydroxylation sites is 1. The number of benzene rings is 3. The molecule has 0 spiro atoms. The molecule has 0 radical (unpaired) electrons. The molecule has 0 N–H and O–H groups in total. The van der Waals surface area contributed by atoms with E-state index in [-0.39, 0.29) is 24.3 Å². The molecule has 0 aliphatic carbocycles. The molecule has 2 aliphatic heterocycles. The van der Waals surface area contributed by atoms with Gasteiger partial charge in [-0.2, -0.15) is 5.10 Å². The zero-order chi connectivity index (χ0) is 26.6. The summed E-state index contributed by atoms with van der Waals surface area (Å²) in [7, 11) is 3.22. The molecule has 198 valence electrons. The van der Waals surface area contributed by atoms with Gasteiger partial charge in [0.05, 0.1) is 38.2 Å². The summed E-state index contributed by atoms with van der Waals surface area (Å²) in [5, 5.41) is 6.92. The summed E-state index contributed by atoms with van der Waals surface area (Å²) in [6.45, 7) is 2.75. The summed E-state index contributed by atoms with van der Waals surface area (Å²) in [5.41, 5.74) is 2.95. The van der Waals surface area contributed by atoms with Crippen LogP contribution in [0.3, 0.4) is 0 Å². The van der Waals surface area contributed by atoms with Gasteiger partial charge in [-0.15, -0.1) is 0 Å². The highest BCUT2D eigenvalue weighted by Crippen LogP contribution is 2.40. The van der Waals surface area contributed by atoms with Crippen molar-refractivity contribution in [1.29, 1.82) is 0 Å². The Bertz CT molecular complexity index is 1340. The molecular formula is C29H30ClFN4O3. The average Bonchev–Trinajstić information content (AvgIpc) is 3.39. The Kier molecular flexibility index (Phi) is 7.81. The molecule has 0 unspecified atom stereocenters. The molecule has 38 heavy (non-hydrogen) atoms. The normalized spacial score (nSPS) is 17.9. The first-order valence-electron chi connectivity index (χ1n) is 12.6.